The molecule has 3 nitrogen and oxygen atoms in total. The number of aromatic nitrogens is 1. The molecule has 4 heteroatoms. The van der Waals surface area contributed by atoms with Crippen molar-refractivity contribution in [1.29, 1.82) is 0 Å². The summed E-state index contributed by atoms with van der Waals surface area (Å²) in [4.78, 5) is 4.22. The van der Waals surface area contributed by atoms with E-state index in [1.54, 1.807) is 6.20 Å². The summed E-state index contributed by atoms with van der Waals surface area (Å²) >= 11 is 0. The first kappa shape index (κ1) is 18.3. The van der Waals surface area contributed by atoms with Crippen molar-refractivity contribution >= 4 is 0 Å². The number of benzene rings is 1. The van der Waals surface area contributed by atoms with Crippen molar-refractivity contribution in [1.82, 2.24) is 4.98 Å². The summed E-state index contributed by atoms with van der Waals surface area (Å²) in [6, 6.07) is 16.8. The Morgan fingerprint density at radius 1 is 0.913 bits per heavy atom. The first-order valence-electron chi connectivity index (χ1n) is 8.00. The fraction of sp³-hybridized carbons (Fsp3) is 0.421. The van der Waals surface area contributed by atoms with Crippen LogP contribution in [-0.2, 0) is 20.1 Å². The maximum absolute atomic E-state index is 9.41. The molecule has 2 unspecified atom stereocenters. The molecule has 0 bridgehead atoms. The van der Waals surface area contributed by atoms with Gasteiger partial charge in [-0.05, 0) is 43.4 Å². The van der Waals surface area contributed by atoms with Crippen molar-refractivity contribution < 1.29 is 30.3 Å². The molecular formula is C19H22IrNO2-. The van der Waals surface area contributed by atoms with Gasteiger partial charge in [0.2, 0.25) is 0 Å². The fourth-order valence-electron chi connectivity index (χ4n) is 3.64. The Labute approximate surface area is 151 Å². The predicted octanol–water partition coefficient (Wildman–Crippen LogP) is 3.07. The van der Waals surface area contributed by atoms with E-state index in [2.05, 4.69) is 11.1 Å². The second-order valence-electron chi connectivity index (χ2n) is 6.12. The summed E-state index contributed by atoms with van der Waals surface area (Å²) in [6.07, 6.45) is 5.45. The van der Waals surface area contributed by atoms with E-state index in [-0.39, 0.29) is 38.2 Å². The van der Waals surface area contributed by atoms with Crippen molar-refractivity contribution in [3.63, 3.8) is 0 Å². The zero-order chi connectivity index (χ0) is 15.4. The molecule has 2 N–H and O–H groups in total. The molecule has 0 spiro atoms. The quantitative estimate of drug-likeness (QED) is 0.607. The molecule has 4 rings (SSSR count). The minimum Gasteiger partial charge on any atom is -0.393 e. The average molecular weight is 489 g/mol. The Hall–Kier alpha value is -1.06. The Kier molecular flexibility index (Phi) is 6.91. The van der Waals surface area contributed by atoms with Gasteiger partial charge in [0.15, 0.2) is 0 Å². The zero-order valence-electron chi connectivity index (χ0n) is 12.9. The van der Waals surface area contributed by atoms with Crippen LogP contribution in [0, 0.1) is 17.9 Å². The molecule has 2 atom stereocenters. The molecule has 1 heterocycles. The van der Waals surface area contributed by atoms with E-state index < -0.39 is 0 Å². The number of rotatable bonds is 1. The molecular weight excluding hydrogens is 466 g/mol. The van der Waals surface area contributed by atoms with E-state index in [0.29, 0.717) is 5.92 Å². The third-order valence-corrected chi connectivity index (χ3v) is 4.75. The Morgan fingerprint density at radius 2 is 1.61 bits per heavy atom. The number of fused-ring (bicyclic) bond motifs is 1. The van der Waals surface area contributed by atoms with Crippen molar-refractivity contribution in [2.24, 2.45) is 11.8 Å². The molecule has 2 aliphatic carbocycles. The minimum absolute atomic E-state index is 0. The molecule has 0 aliphatic heterocycles. The van der Waals surface area contributed by atoms with Gasteiger partial charge in [0.1, 0.15) is 0 Å². The van der Waals surface area contributed by atoms with Gasteiger partial charge in [-0.25, -0.2) is 0 Å². The molecule has 2 saturated carbocycles. The summed E-state index contributed by atoms with van der Waals surface area (Å²) in [5, 5.41) is 18.8. The van der Waals surface area contributed by atoms with Crippen LogP contribution in [0.2, 0.25) is 0 Å². The smallest absolute Gasteiger partial charge is 0.0595 e. The van der Waals surface area contributed by atoms with Crippen LogP contribution in [0.5, 0.6) is 0 Å². The minimum atomic E-state index is -0.206. The normalized spacial score (nSPS) is 28.3. The summed E-state index contributed by atoms with van der Waals surface area (Å²) in [5.74, 6) is 0.852. The van der Waals surface area contributed by atoms with Crippen LogP contribution in [0.15, 0.2) is 48.7 Å². The number of hydrogen-bond donors (Lipinski definition) is 2. The van der Waals surface area contributed by atoms with Gasteiger partial charge in [-0.1, -0.05) is 12.1 Å². The maximum atomic E-state index is 9.41. The van der Waals surface area contributed by atoms with E-state index in [9.17, 15) is 10.2 Å². The molecule has 1 aromatic heterocycles. The van der Waals surface area contributed by atoms with Crippen LogP contribution in [0.1, 0.15) is 25.7 Å². The molecule has 2 aliphatic rings. The van der Waals surface area contributed by atoms with Gasteiger partial charge in [-0.2, -0.15) is 0 Å². The van der Waals surface area contributed by atoms with Gasteiger partial charge in [-0.3, -0.25) is 0 Å². The molecule has 1 radical (unpaired) electrons. The first-order valence-corrected chi connectivity index (χ1v) is 8.00. The Bertz CT molecular complexity index is 527. The van der Waals surface area contributed by atoms with E-state index in [4.69, 9.17) is 0 Å². The molecule has 2 fully saturated rings. The van der Waals surface area contributed by atoms with Crippen molar-refractivity contribution in [3.05, 3.63) is 54.7 Å². The molecule has 1 aromatic carbocycles. The first-order chi connectivity index (χ1) is 10.8. The molecule has 2 aromatic rings. The standard InChI is InChI=1S/C11H8N.C8H14O2.Ir/c1-2-6-10(7-3-1)11-8-4-5-9-12-11;9-6-3-1-5-2-4-7(10)8(5)6;/h1-6,8-9H;5-10H,1-4H2;/q-1;;. The van der Waals surface area contributed by atoms with Crippen LogP contribution in [0.4, 0.5) is 0 Å². The molecule has 0 saturated heterocycles. The third-order valence-electron chi connectivity index (χ3n) is 4.75. The van der Waals surface area contributed by atoms with E-state index >= 15 is 0 Å². The van der Waals surface area contributed by atoms with Crippen LogP contribution in [0.3, 0.4) is 0 Å². The van der Waals surface area contributed by atoms with E-state index in [1.165, 1.54) is 0 Å². The fourth-order valence-corrected chi connectivity index (χ4v) is 3.64. The molecule has 125 valence electrons. The van der Waals surface area contributed by atoms with Crippen LogP contribution in [-0.4, -0.2) is 27.4 Å². The number of hydrogen-bond acceptors (Lipinski definition) is 3. The van der Waals surface area contributed by atoms with Crippen LogP contribution in [0.25, 0.3) is 11.3 Å². The summed E-state index contributed by atoms with van der Waals surface area (Å²) < 4.78 is 0. The average Bonchev–Trinajstić information content (AvgIpc) is 3.14. The predicted molar refractivity (Wildman–Crippen MR) is 86.0 cm³/mol. The zero-order valence-corrected chi connectivity index (χ0v) is 15.3. The number of pyridine rings is 1. The van der Waals surface area contributed by atoms with Crippen LogP contribution < -0.4 is 0 Å². The summed E-state index contributed by atoms with van der Waals surface area (Å²) in [6.45, 7) is 0. The van der Waals surface area contributed by atoms with Gasteiger partial charge < -0.3 is 15.2 Å². The SMILES string of the molecule is OC1CCC2CCC(O)C12.[Ir].[c-]1ccccc1-c1ccccn1. The van der Waals surface area contributed by atoms with Gasteiger partial charge in [0.25, 0.3) is 0 Å². The summed E-state index contributed by atoms with van der Waals surface area (Å²) in [5.41, 5.74) is 2.01. The molecule has 0 amide bonds. The largest absolute Gasteiger partial charge is 0.393 e. The monoisotopic (exact) mass is 489 g/mol. The maximum Gasteiger partial charge on any atom is 0.0595 e. The Morgan fingerprint density at radius 3 is 2.13 bits per heavy atom. The summed E-state index contributed by atoms with van der Waals surface area (Å²) in [7, 11) is 0. The van der Waals surface area contributed by atoms with Gasteiger partial charge in [0, 0.05) is 32.2 Å². The Balaban J connectivity index is 0.000000162. The van der Waals surface area contributed by atoms with Gasteiger partial charge >= 0.3 is 0 Å². The van der Waals surface area contributed by atoms with Crippen LogP contribution >= 0.6 is 0 Å². The van der Waals surface area contributed by atoms with Gasteiger partial charge in [0.05, 0.1) is 12.2 Å². The van der Waals surface area contributed by atoms with Crippen molar-refractivity contribution in [3.8, 4) is 11.3 Å². The number of nitrogens with zero attached hydrogens (tertiary/aromatic N) is 1. The third kappa shape index (κ3) is 4.48. The van der Waals surface area contributed by atoms with Crippen molar-refractivity contribution in [2.75, 3.05) is 0 Å². The molecule has 23 heavy (non-hydrogen) atoms. The van der Waals surface area contributed by atoms with E-state index in [0.717, 1.165) is 36.9 Å². The topological polar surface area (TPSA) is 53.4 Å². The number of aliphatic hydroxyl groups excluding tert-OH is 2. The number of aliphatic hydroxyl groups is 2. The van der Waals surface area contributed by atoms with Crippen molar-refractivity contribution in [2.45, 2.75) is 37.9 Å². The second-order valence-corrected chi connectivity index (χ2v) is 6.12. The van der Waals surface area contributed by atoms with Gasteiger partial charge in [-0.15, -0.1) is 35.9 Å². The second kappa shape index (κ2) is 8.70. The van der Waals surface area contributed by atoms with E-state index in [1.807, 2.05) is 42.5 Å².